The summed E-state index contributed by atoms with van der Waals surface area (Å²) < 4.78 is 0. The first-order valence-electron chi connectivity index (χ1n) is 4.21. The Morgan fingerprint density at radius 1 is 1.36 bits per heavy atom. The minimum atomic E-state index is 0. The molecule has 0 spiro atoms. The Labute approximate surface area is 74.6 Å². The van der Waals surface area contributed by atoms with Crippen molar-refractivity contribution >= 4 is 12.4 Å². The molecule has 11 heavy (non-hydrogen) atoms. The fourth-order valence-electron chi connectivity index (χ4n) is 1.77. The van der Waals surface area contributed by atoms with E-state index in [-0.39, 0.29) is 25.1 Å². The quantitative estimate of drug-likeness (QED) is 0.687. The van der Waals surface area contributed by atoms with E-state index in [1.165, 1.54) is 25.7 Å². The zero-order valence-electron chi connectivity index (χ0n) is 6.83. The monoisotopic (exact) mass is 179 g/mol. The van der Waals surface area contributed by atoms with Gasteiger partial charge < -0.3 is 10.8 Å². The average Bonchev–Trinajstić information content (AvgIpc) is 2.38. The lowest BCUT2D eigenvalue weighted by molar-refractivity contribution is 0.255. The van der Waals surface area contributed by atoms with Crippen LogP contribution in [-0.2, 0) is 0 Å². The van der Waals surface area contributed by atoms with E-state index >= 15 is 0 Å². The molecular weight excluding hydrogens is 162 g/mol. The number of hydrogen-bond acceptors (Lipinski definition) is 2. The van der Waals surface area contributed by atoms with Gasteiger partial charge in [-0.1, -0.05) is 12.8 Å². The summed E-state index contributed by atoms with van der Waals surface area (Å²) in [5.41, 5.74) is 5.83. The average molecular weight is 180 g/mol. The van der Waals surface area contributed by atoms with Gasteiger partial charge in [0.15, 0.2) is 0 Å². The molecule has 3 N–H and O–H groups in total. The summed E-state index contributed by atoms with van der Waals surface area (Å²) in [6.45, 7) is 0.248. The van der Waals surface area contributed by atoms with Crippen molar-refractivity contribution in [2.24, 2.45) is 11.7 Å². The Hall–Kier alpha value is 0.210. The molecule has 68 valence electrons. The van der Waals surface area contributed by atoms with Crippen LogP contribution in [0.5, 0.6) is 0 Å². The molecule has 1 saturated carbocycles. The highest BCUT2D eigenvalue weighted by Gasteiger charge is 2.20. The normalized spacial score (nSPS) is 21.3. The molecular formula is C8H18ClNO. The number of hydrogen-bond donors (Lipinski definition) is 2. The van der Waals surface area contributed by atoms with Gasteiger partial charge in [0.05, 0.1) is 0 Å². The number of halogens is 1. The van der Waals surface area contributed by atoms with Gasteiger partial charge in [-0.15, -0.1) is 12.4 Å². The molecule has 2 nitrogen and oxygen atoms in total. The van der Waals surface area contributed by atoms with Gasteiger partial charge in [-0.05, 0) is 25.2 Å². The van der Waals surface area contributed by atoms with Gasteiger partial charge in [0.2, 0.25) is 0 Å². The van der Waals surface area contributed by atoms with Crippen molar-refractivity contribution in [1.29, 1.82) is 0 Å². The maximum absolute atomic E-state index is 8.62. The van der Waals surface area contributed by atoms with Crippen LogP contribution in [0.1, 0.15) is 32.1 Å². The van der Waals surface area contributed by atoms with Crippen molar-refractivity contribution in [3.63, 3.8) is 0 Å². The maximum Gasteiger partial charge on any atom is 0.0445 e. The predicted octanol–water partition coefficient (Wildman–Crippen LogP) is 1.31. The summed E-state index contributed by atoms with van der Waals surface area (Å²) in [4.78, 5) is 0. The van der Waals surface area contributed by atoms with Crippen molar-refractivity contribution in [2.75, 3.05) is 6.61 Å². The highest BCUT2D eigenvalue weighted by molar-refractivity contribution is 5.85. The fraction of sp³-hybridized carbons (Fsp3) is 1.00. The fourth-order valence-corrected chi connectivity index (χ4v) is 1.77. The van der Waals surface area contributed by atoms with E-state index in [0.29, 0.717) is 5.92 Å². The van der Waals surface area contributed by atoms with Gasteiger partial charge in [-0.3, -0.25) is 0 Å². The minimum absolute atomic E-state index is 0. The molecule has 0 aromatic rings. The Bertz CT molecular complexity index is 94.1. The second-order valence-electron chi connectivity index (χ2n) is 3.22. The molecule has 1 rings (SSSR count). The highest BCUT2D eigenvalue weighted by Crippen LogP contribution is 2.27. The number of nitrogens with two attached hydrogens (primary N) is 1. The van der Waals surface area contributed by atoms with E-state index in [1.807, 2.05) is 0 Å². The zero-order valence-corrected chi connectivity index (χ0v) is 7.65. The molecule has 1 aliphatic carbocycles. The first kappa shape index (κ1) is 11.2. The molecule has 0 saturated heterocycles. The topological polar surface area (TPSA) is 46.2 Å². The van der Waals surface area contributed by atoms with Gasteiger partial charge in [-0.25, -0.2) is 0 Å². The van der Waals surface area contributed by atoms with Gasteiger partial charge in [0.1, 0.15) is 0 Å². The van der Waals surface area contributed by atoms with Crippen LogP contribution < -0.4 is 5.73 Å². The molecule has 0 amide bonds. The third-order valence-corrected chi connectivity index (χ3v) is 2.47. The molecule has 0 aromatic heterocycles. The molecule has 0 bridgehead atoms. The summed E-state index contributed by atoms with van der Waals surface area (Å²) in [7, 11) is 0. The third-order valence-electron chi connectivity index (χ3n) is 2.47. The first-order chi connectivity index (χ1) is 4.84. The number of aliphatic hydroxyl groups is 1. The second kappa shape index (κ2) is 5.81. The first-order valence-corrected chi connectivity index (χ1v) is 4.21. The second-order valence-corrected chi connectivity index (χ2v) is 3.22. The molecule has 1 atom stereocenters. The summed E-state index contributed by atoms with van der Waals surface area (Å²) in [6, 6.07) is 0.257. The molecule has 1 aliphatic rings. The minimum Gasteiger partial charge on any atom is -0.396 e. The SMILES string of the molecule is Cl.NC(CCO)C1CCCC1. The van der Waals surface area contributed by atoms with E-state index < -0.39 is 0 Å². The van der Waals surface area contributed by atoms with Crippen molar-refractivity contribution < 1.29 is 5.11 Å². The summed E-state index contributed by atoms with van der Waals surface area (Å²) in [5, 5.41) is 8.62. The van der Waals surface area contributed by atoms with E-state index in [2.05, 4.69) is 0 Å². The van der Waals surface area contributed by atoms with Crippen LogP contribution in [0.25, 0.3) is 0 Å². The van der Waals surface area contributed by atoms with Crippen LogP contribution in [0.2, 0.25) is 0 Å². The lowest BCUT2D eigenvalue weighted by Crippen LogP contribution is -2.29. The van der Waals surface area contributed by atoms with E-state index in [9.17, 15) is 0 Å². The summed E-state index contributed by atoms with van der Waals surface area (Å²) >= 11 is 0. The van der Waals surface area contributed by atoms with E-state index in [1.54, 1.807) is 0 Å². The zero-order chi connectivity index (χ0) is 7.40. The molecule has 3 heteroatoms. The van der Waals surface area contributed by atoms with Gasteiger partial charge in [0, 0.05) is 12.6 Å². The number of aliphatic hydroxyl groups excluding tert-OH is 1. The smallest absolute Gasteiger partial charge is 0.0445 e. The maximum atomic E-state index is 8.62. The Kier molecular flexibility index (Phi) is 5.92. The van der Waals surface area contributed by atoms with Crippen LogP contribution in [0.4, 0.5) is 0 Å². The molecule has 0 aromatic carbocycles. The van der Waals surface area contributed by atoms with Crippen LogP contribution in [-0.4, -0.2) is 17.8 Å². The highest BCUT2D eigenvalue weighted by atomic mass is 35.5. The van der Waals surface area contributed by atoms with Crippen molar-refractivity contribution in [1.82, 2.24) is 0 Å². The molecule has 0 radical (unpaired) electrons. The molecule has 1 unspecified atom stereocenters. The Morgan fingerprint density at radius 3 is 2.36 bits per heavy atom. The molecule has 0 aliphatic heterocycles. The van der Waals surface area contributed by atoms with Gasteiger partial charge in [0.25, 0.3) is 0 Å². The van der Waals surface area contributed by atoms with Crippen LogP contribution >= 0.6 is 12.4 Å². The van der Waals surface area contributed by atoms with Crippen LogP contribution in [0.15, 0.2) is 0 Å². The Morgan fingerprint density at radius 2 is 1.91 bits per heavy atom. The van der Waals surface area contributed by atoms with E-state index in [4.69, 9.17) is 10.8 Å². The lowest BCUT2D eigenvalue weighted by Gasteiger charge is -2.16. The van der Waals surface area contributed by atoms with Gasteiger partial charge in [-0.2, -0.15) is 0 Å². The molecule has 1 fully saturated rings. The lowest BCUT2D eigenvalue weighted by atomic mass is 9.97. The van der Waals surface area contributed by atoms with Crippen LogP contribution in [0.3, 0.4) is 0 Å². The van der Waals surface area contributed by atoms with Crippen molar-refractivity contribution in [3.8, 4) is 0 Å². The van der Waals surface area contributed by atoms with Gasteiger partial charge >= 0.3 is 0 Å². The van der Waals surface area contributed by atoms with Crippen molar-refractivity contribution in [3.05, 3.63) is 0 Å². The summed E-state index contributed by atoms with van der Waals surface area (Å²) in [5.74, 6) is 0.701. The Balaban J connectivity index is 0.000001000. The van der Waals surface area contributed by atoms with E-state index in [0.717, 1.165) is 6.42 Å². The third kappa shape index (κ3) is 3.41. The van der Waals surface area contributed by atoms with Crippen molar-refractivity contribution in [2.45, 2.75) is 38.1 Å². The molecule has 0 heterocycles. The standard InChI is InChI=1S/C8H17NO.ClH/c9-8(5-6-10)7-3-1-2-4-7;/h7-8,10H,1-6,9H2;1H. The largest absolute Gasteiger partial charge is 0.396 e. The number of rotatable bonds is 3. The summed E-state index contributed by atoms with van der Waals surface area (Å²) in [6.07, 6.45) is 6.01. The van der Waals surface area contributed by atoms with Crippen LogP contribution in [0, 0.1) is 5.92 Å². The predicted molar refractivity (Wildman–Crippen MR) is 48.9 cm³/mol.